The molecule has 0 saturated heterocycles. The van der Waals surface area contributed by atoms with Gasteiger partial charge in [-0.05, 0) is 34.9 Å². The fourth-order valence-electron chi connectivity index (χ4n) is 3.44. The van der Waals surface area contributed by atoms with Gasteiger partial charge in [0, 0.05) is 16.3 Å². The summed E-state index contributed by atoms with van der Waals surface area (Å²) in [6.45, 7) is 8.84. The highest BCUT2D eigenvalue weighted by Crippen LogP contribution is 2.32. The molecule has 0 N–H and O–H groups in total. The van der Waals surface area contributed by atoms with E-state index in [1.54, 1.807) is 6.33 Å². The van der Waals surface area contributed by atoms with E-state index < -0.39 is 0 Å². The molecule has 0 unspecified atom stereocenters. The van der Waals surface area contributed by atoms with Gasteiger partial charge < -0.3 is 0 Å². The van der Waals surface area contributed by atoms with Crippen molar-refractivity contribution in [2.45, 2.75) is 33.1 Å². The van der Waals surface area contributed by atoms with E-state index >= 15 is 0 Å². The topological polar surface area (TPSA) is 25.8 Å². The number of fused-ring (bicyclic) bond motifs is 3. The van der Waals surface area contributed by atoms with Crippen molar-refractivity contribution in [3.05, 3.63) is 72.1 Å². The molecule has 0 radical (unpaired) electrons. The Morgan fingerprint density at radius 1 is 0.800 bits per heavy atom. The zero-order chi connectivity index (χ0) is 17.6. The minimum Gasteiger partial charge on any atom is -0.236 e. The van der Waals surface area contributed by atoms with Crippen LogP contribution in [0.15, 0.2) is 60.9 Å². The van der Waals surface area contributed by atoms with Gasteiger partial charge in [0.25, 0.3) is 0 Å². The number of aryl methyl sites for hydroxylation is 1. The van der Waals surface area contributed by atoms with E-state index in [-0.39, 0.29) is 5.41 Å². The van der Waals surface area contributed by atoms with Crippen LogP contribution in [0, 0.1) is 6.92 Å². The maximum Gasteiger partial charge on any atom is 0.116 e. The summed E-state index contributed by atoms with van der Waals surface area (Å²) in [4.78, 5) is 9.20. The summed E-state index contributed by atoms with van der Waals surface area (Å²) in [5.41, 5.74) is 5.88. The predicted octanol–water partition coefficient (Wildman–Crippen LogP) is 6.06. The van der Waals surface area contributed by atoms with Crippen molar-refractivity contribution in [1.82, 2.24) is 9.97 Å². The summed E-state index contributed by atoms with van der Waals surface area (Å²) >= 11 is 0. The monoisotopic (exact) mass is 326 g/mol. The Morgan fingerprint density at radius 2 is 1.56 bits per heavy atom. The molecule has 0 saturated carbocycles. The third kappa shape index (κ3) is 2.68. The van der Waals surface area contributed by atoms with Crippen molar-refractivity contribution in [2.24, 2.45) is 0 Å². The molecule has 1 heterocycles. The Bertz CT molecular complexity index is 1070. The number of hydrogen-bond donors (Lipinski definition) is 0. The molecule has 0 atom stereocenters. The minimum atomic E-state index is 0.152. The average Bonchev–Trinajstić information content (AvgIpc) is 2.60. The molecular formula is C23H22N2. The van der Waals surface area contributed by atoms with Crippen LogP contribution in [-0.2, 0) is 5.41 Å². The van der Waals surface area contributed by atoms with Crippen LogP contribution in [0.5, 0.6) is 0 Å². The van der Waals surface area contributed by atoms with Crippen LogP contribution >= 0.6 is 0 Å². The molecule has 25 heavy (non-hydrogen) atoms. The van der Waals surface area contributed by atoms with Crippen molar-refractivity contribution in [3.8, 4) is 11.3 Å². The van der Waals surface area contributed by atoms with Gasteiger partial charge in [-0.2, -0.15) is 0 Å². The van der Waals surface area contributed by atoms with Gasteiger partial charge in [-0.15, -0.1) is 0 Å². The molecule has 0 spiro atoms. The lowest BCUT2D eigenvalue weighted by molar-refractivity contribution is 0.590. The molecule has 0 bridgehead atoms. The summed E-state index contributed by atoms with van der Waals surface area (Å²) < 4.78 is 0. The van der Waals surface area contributed by atoms with Crippen molar-refractivity contribution in [1.29, 1.82) is 0 Å². The summed E-state index contributed by atoms with van der Waals surface area (Å²) in [5.74, 6) is 0. The normalized spacial score (nSPS) is 12.0. The molecule has 1 aromatic heterocycles. The average molecular weight is 326 g/mol. The van der Waals surface area contributed by atoms with E-state index in [0.29, 0.717) is 0 Å². The molecule has 124 valence electrons. The quantitative estimate of drug-likeness (QED) is 0.398. The lowest BCUT2D eigenvalue weighted by atomic mass is 9.86. The van der Waals surface area contributed by atoms with Crippen molar-refractivity contribution < 1.29 is 0 Å². The molecular weight excluding hydrogens is 304 g/mol. The Morgan fingerprint density at radius 3 is 2.28 bits per heavy atom. The first-order valence-corrected chi connectivity index (χ1v) is 8.69. The molecule has 0 aliphatic carbocycles. The second-order valence-electron chi connectivity index (χ2n) is 7.68. The molecule has 4 aromatic rings. The van der Waals surface area contributed by atoms with Crippen molar-refractivity contribution in [3.63, 3.8) is 0 Å². The third-order valence-corrected chi connectivity index (χ3v) is 4.88. The first-order chi connectivity index (χ1) is 11.9. The fraction of sp³-hybridized carbons (Fsp3) is 0.217. The van der Waals surface area contributed by atoms with E-state index in [9.17, 15) is 0 Å². The first kappa shape index (κ1) is 15.8. The van der Waals surface area contributed by atoms with Crippen molar-refractivity contribution >= 4 is 21.7 Å². The van der Waals surface area contributed by atoms with E-state index in [1.807, 2.05) is 0 Å². The van der Waals surface area contributed by atoms with E-state index in [4.69, 9.17) is 0 Å². The third-order valence-electron chi connectivity index (χ3n) is 4.88. The highest BCUT2D eigenvalue weighted by molar-refractivity contribution is 6.10. The predicted molar refractivity (Wildman–Crippen MR) is 106 cm³/mol. The second-order valence-corrected chi connectivity index (χ2v) is 7.68. The lowest BCUT2D eigenvalue weighted by Crippen LogP contribution is -2.10. The zero-order valence-corrected chi connectivity index (χ0v) is 15.2. The standard InChI is InChI=1S/C23H22N2/c1-15-6-5-7-16-10-13-19-21(24-14-25-22(19)20(15)16)17-8-11-18(12-9-17)23(2,3)4/h5-14H,1-4H3. The van der Waals surface area contributed by atoms with Gasteiger partial charge in [-0.3, -0.25) is 0 Å². The molecule has 0 amide bonds. The number of aromatic nitrogens is 2. The van der Waals surface area contributed by atoms with Gasteiger partial charge in [0.05, 0.1) is 11.2 Å². The highest BCUT2D eigenvalue weighted by Gasteiger charge is 2.15. The molecule has 3 aromatic carbocycles. The van der Waals surface area contributed by atoms with Crippen molar-refractivity contribution in [2.75, 3.05) is 0 Å². The number of rotatable bonds is 1. The molecule has 2 nitrogen and oxygen atoms in total. The van der Waals surface area contributed by atoms with Gasteiger partial charge in [-0.1, -0.05) is 69.3 Å². The smallest absolute Gasteiger partial charge is 0.116 e. The van der Waals surface area contributed by atoms with Gasteiger partial charge in [0.1, 0.15) is 6.33 Å². The van der Waals surface area contributed by atoms with Crippen LogP contribution in [0.3, 0.4) is 0 Å². The Kier molecular flexibility index (Phi) is 3.57. The molecule has 2 heteroatoms. The minimum absolute atomic E-state index is 0.152. The van der Waals surface area contributed by atoms with Crippen LogP contribution in [0.2, 0.25) is 0 Å². The van der Waals surface area contributed by atoms with Crippen LogP contribution in [-0.4, -0.2) is 9.97 Å². The Labute approximate surface area is 148 Å². The van der Waals surface area contributed by atoms with Gasteiger partial charge >= 0.3 is 0 Å². The van der Waals surface area contributed by atoms with E-state index in [1.165, 1.54) is 21.9 Å². The summed E-state index contributed by atoms with van der Waals surface area (Å²) in [6.07, 6.45) is 1.68. The van der Waals surface area contributed by atoms with Crippen LogP contribution in [0.1, 0.15) is 31.9 Å². The van der Waals surface area contributed by atoms with Crippen LogP contribution < -0.4 is 0 Å². The lowest BCUT2D eigenvalue weighted by Gasteiger charge is -2.19. The largest absolute Gasteiger partial charge is 0.236 e. The maximum atomic E-state index is 4.60. The molecule has 4 rings (SSSR count). The first-order valence-electron chi connectivity index (χ1n) is 8.69. The second kappa shape index (κ2) is 5.66. The Balaban J connectivity index is 1.95. The summed E-state index contributed by atoms with van der Waals surface area (Å²) in [6, 6.07) is 19.4. The van der Waals surface area contributed by atoms with E-state index in [2.05, 4.69) is 92.3 Å². The van der Waals surface area contributed by atoms with E-state index in [0.717, 1.165) is 22.2 Å². The van der Waals surface area contributed by atoms with Crippen LogP contribution in [0.25, 0.3) is 32.9 Å². The summed E-state index contributed by atoms with van der Waals surface area (Å²) in [5, 5.41) is 3.54. The number of hydrogen-bond acceptors (Lipinski definition) is 2. The Hall–Kier alpha value is -2.74. The zero-order valence-electron chi connectivity index (χ0n) is 15.2. The highest BCUT2D eigenvalue weighted by atomic mass is 14.8. The van der Waals surface area contributed by atoms with Gasteiger partial charge in [0.2, 0.25) is 0 Å². The molecule has 0 fully saturated rings. The maximum absolute atomic E-state index is 4.60. The van der Waals surface area contributed by atoms with Gasteiger partial charge in [-0.25, -0.2) is 9.97 Å². The number of benzene rings is 3. The summed E-state index contributed by atoms with van der Waals surface area (Å²) in [7, 11) is 0. The fourth-order valence-corrected chi connectivity index (χ4v) is 3.44. The van der Waals surface area contributed by atoms with Gasteiger partial charge in [0.15, 0.2) is 0 Å². The number of nitrogens with zero attached hydrogens (tertiary/aromatic N) is 2. The van der Waals surface area contributed by atoms with Crippen LogP contribution in [0.4, 0.5) is 0 Å². The SMILES string of the molecule is Cc1cccc2ccc3c(-c4ccc(C(C)(C)C)cc4)ncnc3c12. The molecule has 0 aliphatic heterocycles. The molecule has 0 aliphatic rings.